The number of rotatable bonds is 7. The minimum absolute atomic E-state index is 0.303. The van der Waals surface area contributed by atoms with Gasteiger partial charge in [-0.3, -0.25) is 4.79 Å². The molecule has 1 aliphatic rings. The van der Waals surface area contributed by atoms with Gasteiger partial charge in [0.2, 0.25) is 10.0 Å². The highest BCUT2D eigenvalue weighted by Gasteiger charge is 2.30. The molecule has 0 amide bonds. The summed E-state index contributed by atoms with van der Waals surface area (Å²) in [4.78, 5) is 11.4. The second kappa shape index (κ2) is 9.62. The van der Waals surface area contributed by atoms with Crippen LogP contribution in [0.15, 0.2) is 42.5 Å². The second-order valence-electron chi connectivity index (χ2n) is 7.54. The molecule has 7 heteroatoms. The van der Waals surface area contributed by atoms with Gasteiger partial charge in [0.05, 0.1) is 13.7 Å². The third kappa shape index (κ3) is 5.21. The Balaban J connectivity index is 1.69. The fourth-order valence-electron chi connectivity index (χ4n) is 3.95. The van der Waals surface area contributed by atoms with Crippen molar-refractivity contribution in [2.75, 3.05) is 32.6 Å². The zero-order valence-electron chi connectivity index (χ0n) is 17.8. The number of hydrogen-bond acceptors (Lipinski definition) is 5. The van der Waals surface area contributed by atoms with Crippen molar-refractivity contribution >= 4 is 16.0 Å². The number of methoxy groups -OCH3 is 1. The molecule has 1 heterocycles. The molecular formula is C23H29NO5S. The molecule has 1 aliphatic heterocycles. The average Bonchev–Trinajstić information content (AvgIpc) is 2.74. The third-order valence-corrected chi connectivity index (χ3v) is 7.31. The van der Waals surface area contributed by atoms with Crippen molar-refractivity contribution in [2.45, 2.75) is 32.6 Å². The van der Waals surface area contributed by atoms with E-state index in [1.807, 2.05) is 19.1 Å². The molecule has 0 bridgehead atoms. The smallest absolute Gasteiger partial charge is 0.322 e. The Morgan fingerprint density at radius 3 is 2.50 bits per heavy atom. The van der Waals surface area contributed by atoms with E-state index in [0.717, 1.165) is 24.2 Å². The summed E-state index contributed by atoms with van der Waals surface area (Å²) >= 11 is 0. The van der Waals surface area contributed by atoms with E-state index in [1.165, 1.54) is 28.1 Å². The monoisotopic (exact) mass is 431 g/mol. The van der Waals surface area contributed by atoms with Gasteiger partial charge in [-0.1, -0.05) is 30.3 Å². The third-order valence-electron chi connectivity index (χ3n) is 5.55. The van der Waals surface area contributed by atoms with Crippen LogP contribution in [0.3, 0.4) is 0 Å². The van der Waals surface area contributed by atoms with Gasteiger partial charge in [-0.15, -0.1) is 0 Å². The fourth-order valence-corrected chi connectivity index (χ4v) is 5.32. The van der Waals surface area contributed by atoms with Gasteiger partial charge in [-0.2, -0.15) is 0 Å². The number of benzene rings is 2. The number of sulfonamides is 1. The van der Waals surface area contributed by atoms with E-state index in [-0.39, 0.29) is 0 Å². The van der Waals surface area contributed by atoms with Crippen LogP contribution >= 0.6 is 0 Å². The molecule has 2 aromatic rings. The topological polar surface area (TPSA) is 72.9 Å². The highest BCUT2D eigenvalue weighted by atomic mass is 32.2. The first-order valence-corrected chi connectivity index (χ1v) is 11.8. The predicted octanol–water partition coefficient (Wildman–Crippen LogP) is 3.74. The normalized spacial score (nSPS) is 15.7. The van der Waals surface area contributed by atoms with E-state index >= 15 is 0 Å². The van der Waals surface area contributed by atoms with Crippen LogP contribution in [0, 0.1) is 6.92 Å². The summed E-state index contributed by atoms with van der Waals surface area (Å²) < 4.78 is 36.2. The molecule has 0 spiro atoms. The zero-order chi connectivity index (χ0) is 21.7. The Morgan fingerprint density at radius 2 is 1.87 bits per heavy atom. The number of carbonyl (C=O) groups excluding carboxylic acids is 1. The van der Waals surface area contributed by atoms with Crippen molar-refractivity contribution < 1.29 is 22.7 Å². The Morgan fingerprint density at radius 1 is 1.13 bits per heavy atom. The van der Waals surface area contributed by atoms with Crippen LogP contribution < -0.4 is 4.74 Å². The maximum Gasteiger partial charge on any atom is 0.322 e. The predicted molar refractivity (Wildman–Crippen MR) is 117 cm³/mol. The number of esters is 1. The lowest BCUT2D eigenvalue weighted by atomic mass is 9.87. The van der Waals surface area contributed by atoms with Crippen LogP contribution in [0.25, 0.3) is 11.1 Å². The number of aryl methyl sites for hydroxylation is 1. The summed E-state index contributed by atoms with van der Waals surface area (Å²) in [6.07, 6.45) is 1.47. The van der Waals surface area contributed by atoms with Crippen molar-refractivity contribution in [2.24, 2.45) is 0 Å². The molecular weight excluding hydrogens is 402 g/mol. The number of ether oxygens (including phenoxy) is 2. The average molecular weight is 432 g/mol. The minimum atomic E-state index is -3.61. The number of piperidine rings is 1. The standard InChI is InChI=1S/C23H29NO5S/c1-4-29-21-7-5-6-20(15-21)22-9-8-19(14-17(22)2)18-10-12-24(13-11-18)30(26,27)16-23(25)28-3/h5-9,14-15,18H,4,10-13,16H2,1-3H3. The van der Waals surface area contributed by atoms with E-state index < -0.39 is 21.7 Å². The van der Waals surface area contributed by atoms with Crippen LogP contribution in [0.1, 0.15) is 36.8 Å². The molecule has 0 saturated carbocycles. The minimum Gasteiger partial charge on any atom is -0.494 e. The molecule has 6 nitrogen and oxygen atoms in total. The first-order chi connectivity index (χ1) is 14.3. The van der Waals surface area contributed by atoms with E-state index in [2.05, 4.69) is 42.0 Å². The molecule has 0 atom stereocenters. The molecule has 1 saturated heterocycles. The summed E-state index contributed by atoms with van der Waals surface area (Å²) in [7, 11) is -2.42. The molecule has 1 fully saturated rings. The molecule has 0 radical (unpaired) electrons. The molecule has 162 valence electrons. The van der Waals surface area contributed by atoms with Gasteiger partial charge in [0.1, 0.15) is 5.75 Å². The maximum atomic E-state index is 12.3. The quantitative estimate of drug-likeness (QED) is 0.625. The number of nitrogens with zero attached hydrogens (tertiary/aromatic N) is 1. The SMILES string of the molecule is CCOc1cccc(-c2ccc(C3CCN(S(=O)(=O)CC(=O)OC)CC3)cc2C)c1. The Hall–Kier alpha value is -2.38. The van der Waals surface area contributed by atoms with Gasteiger partial charge in [0.25, 0.3) is 0 Å². The summed E-state index contributed by atoms with van der Waals surface area (Å²) in [5.74, 6) is -0.157. The van der Waals surface area contributed by atoms with Crippen molar-refractivity contribution in [3.8, 4) is 16.9 Å². The van der Waals surface area contributed by atoms with Crippen LogP contribution in [0.2, 0.25) is 0 Å². The van der Waals surface area contributed by atoms with Gasteiger partial charge < -0.3 is 9.47 Å². The highest BCUT2D eigenvalue weighted by molar-refractivity contribution is 7.89. The first kappa shape index (κ1) is 22.3. The summed E-state index contributed by atoms with van der Waals surface area (Å²) in [5.41, 5.74) is 4.69. The van der Waals surface area contributed by atoms with Crippen molar-refractivity contribution in [3.63, 3.8) is 0 Å². The summed E-state index contributed by atoms with van der Waals surface area (Å²) in [5, 5.41) is 0. The number of hydrogen-bond donors (Lipinski definition) is 0. The van der Waals surface area contributed by atoms with Gasteiger partial charge >= 0.3 is 5.97 Å². The van der Waals surface area contributed by atoms with Crippen LogP contribution in [0.4, 0.5) is 0 Å². The molecule has 3 rings (SSSR count). The van der Waals surface area contributed by atoms with Crippen LogP contribution in [0.5, 0.6) is 5.75 Å². The van der Waals surface area contributed by atoms with Crippen molar-refractivity contribution in [1.82, 2.24) is 4.31 Å². The maximum absolute atomic E-state index is 12.3. The highest BCUT2D eigenvalue weighted by Crippen LogP contribution is 2.33. The molecule has 0 aliphatic carbocycles. The van der Waals surface area contributed by atoms with Crippen LogP contribution in [-0.4, -0.2) is 51.3 Å². The lowest BCUT2D eigenvalue weighted by Crippen LogP contribution is -2.40. The Bertz CT molecular complexity index is 994. The Kier molecular flexibility index (Phi) is 7.15. The number of carbonyl (C=O) groups is 1. The fraction of sp³-hybridized carbons (Fsp3) is 0.435. The zero-order valence-corrected chi connectivity index (χ0v) is 18.6. The van der Waals surface area contributed by atoms with E-state index in [9.17, 15) is 13.2 Å². The molecule has 0 unspecified atom stereocenters. The van der Waals surface area contributed by atoms with E-state index in [1.54, 1.807) is 0 Å². The van der Waals surface area contributed by atoms with E-state index in [0.29, 0.717) is 25.6 Å². The van der Waals surface area contributed by atoms with E-state index in [4.69, 9.17) is 4.74 Å². The summed E-state index contributed by atoms with van der Waals surface area (Å²) in [6.45, 7) is 5.54. The lowest BCUT2D eigenvalue weighted by molar-refractivity contribution is -0.137. The Labute approximate surface area is 178 Å². The van der Waals surface area contributed by atoms with Crippen molar-refractivity contribution in [1.29, 1.82) is 0 Å². The van der Waals surface area contributed by atoms with Crippen molar-refractivity contribution in [3.05, 3.63) is 53.6 Å². The largest absolute Gasteiger partial charge is 0.494 e. The summed E-state index contributed by atoms with van der Waals surface area (Å²) in [6, 6.07) is 14.6. The van der Waals surface area contributed by atoms with Gasteiger partial charge in [0, 0.05) is 13.1 Å². The first-order valence-electron chi connectivity index (χ1n) is 10.2. The lowest BCUT2D eigenvalue weighted by Gasteiger charge is -2.31. The van der Waals surface area contributed by atoms with Gasteiger partial charge in [-0.05, 0) is 67.0 Å². The second-order valence-corrected chi connectivity index (χ2v) is 9.51. The van der Waals surface area contributed by atoms with Gasteiger partial charge in [-0.25, -0.2) is 12.7 Å². The molecule has 30 heavy (non-hydrogen) atoms. The molecule has 0 N–H and O–H groups in total. The van der Waals surface area contributed by atoms with Gasteiger partial charge in [0.15, 0.2) is 5.75 Å². The molecule has 0 aromatic heterocycles. The van der Waals surface area contributed by atoms with Crippen LogP contribution in [-0.2, 0) is 19.6 Å². The molecule has 2 aromatic carbocycles.